The van der Waals surface area contributed by atoms with Crippen molar-refractivity contribution in [3.8, 4) is 0 Å². The number of likely N-dealkylation sites (N-methyl/N-ethyl adjacent to an activating group) is 1. The molecule has 1 aliphatic rings. The largest absolute Gasteiger partial charge is 0.350 e. The van der Waals surface area contributed by atoms with E-state index in [4.69, 9.17) is 11.6 Å². The van der Waals surface area contributed by atoms with Crippen LogP contribution in [-0.4, -0.2) is 29.8 Å². The molecule has 19 heavy (non-hydrogen) atoms. The maximum Gasteiger partial charge on any atom is 0.243 e. The molecule has 1 atom stereocenters. The van der Waals surface area contributed by atoms with Crippen molar-refractivity contribution in [1.82, 2.24) is 10.2 Å². The van der Waals surface area contributed by atoms with E-state index in [2.05, 4.69) is 5.32 Å². The molecule has 0 radical (unpaired) electrons. The van der Waals surface area contributed by atoms with E-state index >= 15 is 0 Å². The Morgan fingerprint density at radius 1 is 1.53 bits per heavy atom. The molecular weight excluding hydrogens is 264 g/mol. The lowest BCUT2D eigenvalue weighted by atomic mass is 10.1. The first kappa shape index (κ1) is 13.9. The van der Waals surface area contributed by atoms with Gasteiger partial charge in [-0.15, -0.1) is 0 Å². The number of aryl methyl sites for hydroxylation is 1. The first-order valence-electron chi connectivity index (χ1n) is 6.27. The van der Waals surface area contributed by atoms with Gasteiger partial charge in [0.1, 0.15) is 6.04 Å². The van der Waals surface area contributed by atoms with Gasteiger partial charge in [0.2, 0.25) is 11.8 Å². The van der Waals surface area contributed by atoms with Crippen LogP contribution in [0.5, 0.6) is 0 Å². The van der Waals surface area contributed by atoms with Crippen molar-refractivity contribution in [3.63, 3.8) is 0 Å². The summed E-state index contributed by atoms with van der Waals surface area (Å²) < 4.78 is 0. The Hall–Kier alpha value is -1.55. The number of carbonyl (C=O) groups is 2. The van der Waals surface area contributed by atoms with E-state index < -0.39 is 0 Å². The molecule has 0 aliphatic carbocycles. The second-order valence-electron chi connectivity index (χ2n) is 4.85. The van der Waals surface area contributed by atoms with Crippen molar-refractivity contribution in [2.75, 3.05) is 7.05 Å². The van der Waals surface area contributed by atoms with Crippen molar-refractivity contribution in [3.05, 3.63) is 34.3 Å². The van der Waals surface area contributed by atoms with Crippen LogP contribution in [0.4, 0.5) is 0 Å². The van der Waals surface area contributed by atoms with E-state index in [1.807, 2.05) is 25.1 Å². The zero-order valence-corrected chi connectivity index (χ0v) is 11.8. The minimum atomic E-state index is -0.341. The molecule has 1 aromatic carbocycles. The SMILES string of the molecule is Cc1ccc(Cl)cc1CNC(=O)[C@H]1CCC(=O)N1C. The van der Waals surface area contributed by atoms with Crippen molar-refractivity contribution in [1.29, 1.82) is 0 Å². The zero-order chi connectivity index (χ0) is 14.0. The van der Waals surface area contributed by atoms with Crippen LogP contribution in [0, 0.1) is 6.92 Å². The van der Waals surface area contributed by atoms with Gasteiger partial charge in [0.05, 0.1) is 0 Å². The van der Waals surface area contributed by atoms with E-state index in [1.165, 1.54) is 4.90 Å². The molecule has 0 saturated carbocycles. The first-order valence-corrected chi connectivity index (χ1v) is 6.65. The molecular formula is C14H17ClN2O2. The highest BCUT2D eigenvalue weighted by Gasteiger charge is 2.32. The van der Waals surface area contributed by atoms with E-state index in [1.54, 1.807) is 7.05 Å². The fourth-order valence-corrected chi connectivity index (χ4v) is 2.44. The summed E-state index contributed by atoms with van der Waals surface area (Å²) in [4.78, 5) is 24.9. The molecule has 0 bridgehead atoms. The molecule has 2 rings (SSSR count). The van der Waals surface area contributed by atoms with E-state index in [0.29, 0.717) is 24.4 Å². The average Bonchev–Trinajstić information content (AvgIpc) is 2.71. The lowest BCUT2D eigenvalue weighted by Crippen LogP contribution is -2.42. The number of halogens is 1. The van der Waals surface area contributed by atoms with Gasteiger partial charge in [0.25, 0.3) is 0 Å². The summed E-state index contributed by atoms with van der Waals surface area (Å²) in [6.07, 6.45) is 1.04. The van der Waals surface area contributed by atoms with Crippen LogP contribution in [0.15, 0.2) is 18.2 Å². The topological polar surface area (TPSA) is 49.4 Å². The van der Waals surface area contributed by atoms with Crippen LogP contribution < -0.4 is 5.32 Å². The summed E-state index contributed by atoms with van der Waals surface area (Å²) in [7, 11) is 1.67. The van der Waals surface area contributed by atoms with Gasteiger partial charge in [0.15, 0.2) is 0 Å². The summed E-state index contributed by atoms with van der Waals surface area (Å²) in [6.45, 7) is 2.41. The smallest absolute Gasteiger partial charge is 0.243 e. The number of amides is 2. The lowest BCUT2D eigenvalue weighted by molar-refractivity contribution is -0.133. The van der Waals surface area contributed by atoms with Crippen LogP contribution in [0.1, 0.15) is 24.0 Å². The predicted molar refractivity (Wildman–Crippen MR) is 73.8 cm³/mol. The minimum absolute atomic E-state index is 0.0269. The standard InChI is InChI=1S/C14H17ClN2O2/c1-9-3-4-11(15)7-10(9)8-16-14(19)12-5-6-13(18)17(12)2/h3-4,7,12H,5-6,8H2,1-2H3,(H,16,19)/t12-/m1/s1. The summed E-state index contributed by atoms with van der Waals surface area (Å²) >= 11 is 5.94. The van der Waals surface area contributed by atoms with Crippen molar-refractivity contribution < 1.29 is 9.59 Å². The molecule has 1 fully saturated rings. The molecule has 1 N–H and O–H groups in total. The Kier molecular flexibility index (Phi) is 4.10. The molecule has 102 valence electrons. The van der Waals surface area contributed by atoms with Crippen molar-refractivity contribution >= 4 is 23.4 Å². The summed E-state index contributed by atoms with van der Waals surface area (Å²) in [5.41, 5.74) is 2.08. The van der Waals surface area contributed by atoms with Crippen molar-refractivity contribution in [2.24, 2.45) is 0 Å². The Balaban J connectivity index is 1.97. The molecule has 1 aromatic rings. The third-order valence-corrected chi connectivity index (χ3v) is 3.79. The van der Waals surface area contributed by atoms with Crippen LogP contribution in [0.2, 0.25) is 5.02 Å². The van der Waals surface area contributed by atoms with Gasteiger partial charge in [0, 0.05) is 25.0 Å². The quantitative estimate of drug-likeness (QED) is 0.919. The van der Waals surface area contributed by atoms with Gasteiger partial charge >= 0.3 is 0 Å². The monoisotopic (exact) mass is 280 g/mol. The number of nitrogens with zero attached hydrogens (tertiary/aromatic N) is 1. The highest BCUT2D eigenvalue weighted by atomic mass is 35.5. The third-order valence-electron chi connectivity index (χ3n) is 3.56. The summed E-state index contributed by atoms with van der Waals surface area (Å²) in [5.74, 6) is -0.0770. The Morgan fingerprint density at radius 3 is 2.89 bits per heavy atom. The number of nitrogens with one attached hydrogen (secondary N) is 1. The Bertz CT molecular complexity index is 516. The molecule has 1 aliphatic heterocycles. The number of benzene rings is 1. The van der Waals surface area contributed by atoms with E-state index in [0.717, 1.165) is 11.1 Å². The molecule has 1 saturated heterocycles. The van der Waals surface area contributed by atoms with Gasteiger partial charge in [-0.1, -0.05) is 17.7 Å². The van der Waals surface area contributed by atoms with Gasteiger partial charge < -0.3 is 10.2 Å². The normalized spacial score (nSPS) is 18.8. The van der Waals surface area contributed by atoms with E-state index in [9.17, 15) is 9.59 Å². The van der Waals surface area contributed by atoms with Gasteiger partial charge in [-0.05, 0) is 36.6 Å². The lowest BCUT2D eigenvalue weighted by Gasteiger charge is -2.19. The number of hydrogen-bond acceptors (Lipinski definition) is 2. The number of carbonyl (C=O) groups excluding carboxylic acids is 2. The minimum Gasteiger partial charge on any atom is -0.350 e. The van der Waals surface area contributed by atoms with Crippen LogP contribution in [0.25, 0.3) is 0 Å². The zero-order valence-electron chi connectivity index (χ0n) is 11.1. The number of likely N-dealkylation sites (tertiary alicyclic amines) is 1. The van der Waals surface area contributed by atoms with E-state index in [-0.39, 0.29) is 17.9 Å². The summed E-state index contributed by atoms with van der Waals surface area (Å²) in [5, 5.41) is 3.52. The van der Waals surface area contributed by atoms with Crippen molar-refractivity contribution in [2.45, 2.75) is 32.4 Å². The fraction of sp³-hybridized carbons (Fsp3) is 0.429. The van der Waals surface area contributed by atoms with Crippen LogP contribution in [0.3, 0.4) is 0 Å². The number of hydrogen-bond donors (Lipinski definition) is 1. The summed E-state index contributed by atoms with van der Waals surface area (Å²) in [6, 6.07) is 5.26. The van der Waals surface area contributed by atoms with Gasteiger partial charge in [-0.2, -0.15) is 0 Å². The predicted octanol–water partition coefficient (Wildman–Crippen LogP) is 1.89. The third kappa shape index (κ3) is 3.07. The average molecular weight is 281 g/mol. The second-order valence-corrected chi connectivity index (χ2v) is 5.28. The molecule has 1 heterocycles. The van der Waals surface area contributed by atoms with Gasteiger partial charge in [-0.25, -0.2) is 0 Å². The van der Waals surface area contributed by atoms with Crippen LogP contribution >= 0.6 is 11.6 Å². The fourth-order valence-electron chi connectivity index (χ4n) is 2.24. The Morgan fingerprint density at radius 2 is 2.26 bits per heavy atom. The van der Waals surface area contributed by atoms with Crippen LogP contribution in [-0.2, 0) is 16.1 Å². The first-order chi connectivity index (χ1) is 8.99. The maximum atomic E-state index is 12.0. The molecule has 0 aromatic heterocycles. The number of rotatable bonds is 3. The molecule has 4 nitrogen and oxygen atoms in total. The molecule has 2 amide bonds. The molecule has 0 unspecified atom stereocenters. The second kappa shape index (κ2) is 5.61. The highest BCUT2D eigenvalue weighted by molar-refractivity contribution is 6.30. The Labute approximate surface area is 117 Å². The molecule has 0 spiro atoms. The van der Waals surface area contributed by atoms with Gasteiger partial charge in [-0.3, -0.25) is 9.59 Å². The maximum absolute atomic E-state index is 12.0. The molecule has 5 heteroatoms. The highest BCUT2D eigenvalue weighted by Crippen LogP contribution is 2.18.